The van der Waals surface area contributed by atoms with Gasteiger partial charge in [-0.15, -0.1) is 0 Å². The number of nitrogens with zero attached hydrogens (tertiary/aromatic N) is 4. The molecule has 2 atom stereocenters. The summed E-state index contributed by atoms with van der Waals surface area (Å²) in [6.07, 6.45) is 1.36. The lowest BCUT2D eigenvalue weighted by Gasteiger charge is -2.39. The van der Waals surface area contributed by atoms with E-state index in [0.717, 1.165) is 16.8 Å². The van der Waals surface area contributed by atoms with Gasteiger partial charge in [0.2, 0.25) is 0 Å². The first-order chi connectivity index (χ1) is 23.6. The average Bonchev–Trinajstić information content (AvgIpc) is 3.66. The molecule has 2 unspecified atom stereocenters. The Morgan fingerprint density at radius 2 is 1.84 bits per heavy atom. The molecule has 0 aliphatic carbocycles. The monoisotopic (exact) mass is 683 g/mol. The summed E-state index contributed by atoms with van der Waals surface area (Å²) in [5.41, 5.74) is 6.07. The van der Waals surface area contributed by atoms with Crippen molar-refractivity contribution >= 4 is 44.5 Å². The molecule has 1 saturated heterocycles. The largest absolute Gasteiger partial charge is 0.455 e. The van der Waals surface area contributed by atoms with Gasteiger partial charge in [-0.3, -0.25) is 14.0 Å². The van der Waals surface area contributed by atoms with Crippen LogP contribution in [0.5, 0.6) is 0 Å². The van der Waals surface area contributed by atoms with Gasteiger partial charge in [-0.2, -0.15) is 0 Å². The normalized spacial score (nSPS) is 16.7. The molecule has 2 aliphatic heterocycles. The van der Waals surface area contributed by atoms with Crippen molar-refractivity contribution in [3.8, 4) is 34.0 Å². The van der Waals surface area contributed by atoms with Crippen molar-refractivity contribution in [3.63, 3.8) is 0 Å². The van der Waals surface area contributed by atoms with E-state index in [2.05, 4.69) is 14.8 Å². The standard InChI is InChI=1S/C37H32F3N5O3S/c1-41-37(46)34-27-14-26(31(43(2)49(3)47)16-33(27)48-36(34)20-7-10-22(38)11-8-20)29-12-9-21-13-24(19-44-17-23(39)18-44)45-30-6-4-5-28(40)25(30)15-32(45)35(21)42-29/h4-12,14-16,23-24H,13,17-19H2,1-3H3,(H,41,46). The number of hydrogen-bond donors (Lipinski definition) is 1. The molecule has 3 aromatic carbocycles. The van der Waals surface area contributed by atoms with Crippen LogP contribution in [0.2, 0.25) is 0 Å². The first-order valence-electron chi connectivity index (χ1n) is 15.9. The first-order valence-corrected chi connectivity index (χ1v) is 17.4. The maximum absolute atomic E-state index is 15.2. The third-order valence-electron chi connectivity index (χ3n) is 9.62. The van der Waals surface area contributed by atoms with Crippen LogP contribution in [0.4, 0.5) is 18.9 Å². The van der Waals surface area contributed by atoms with Gasteiger partial charge < -0.3 is 14.3 Å². The van der Waals surface area contributed by atoms with Crippen molar-refractivity contribution in [3.05, 3.63) is 95.6 Å². The molecule has 6 aromatic rings. The summed E-state index contributed by atoms with van der Waals surface area (Å²) in [5.74, 6) is -0.864. The highest BCUT2D eigenvalue weighted by atomic mass is 32.2. The third kappa shape index (κ3) is 5.21. The van der Waals surface area contributed by atoms with Gasteiger partial charge in [0.25, 0.3) is 5.91 Å². The summed E-state index contributed by atoms with van der Waals surface area (Å²) in [6.45, 7) is 1.40. The van der Waals surface area contributed by atoms with Gasteiger partial charge in [0.05, 0.1) is 39.9 Å². The van der Waals surface area contributed by atoms with Crippen LogP contribution < -0.4 is 9.62 Å². The Kier molecular flexibility index (Phi) is 7.60. The number of carbonyl (C=O) groups is 1. The van der Waals surface area contributed by atoms with E-state index in [1.807, 2.05) is 30.3 Å². The smallest absolute Gasteiger partial charge is 0.255 e. The molecule has 12 heteroatoms. The van der Waals surface area contributed by atoms with Gasteiger partial charge in [-0.25, -0.2) is 22.4 Å². The molecule has 49 heavy (non-hydrogen) atoms. The summed E-state index contributed by atoms with van der Waals surface area (Å²) in [5, 5.41) is 3.68. The van der Waals surface area contributed by atoms with E-state index in [9.17, 15) is 17.8 Å². The molecule has 1 amide bonds. The highest BCUT2D eigenvalue weighted by Crippen LogP contribution is 2.44. The zero-order chi connectivity index (χ0) is 34.1. The second-order valence-corrected chi connectivity index (χ2v) is 14.0. The minimum absolute atomic E-state index is 0.0477. The lowest BCUT2D eigenvalue weighted by Crippen LogP contribution is -2.50. The molecular formula is C37H32F3N5O3S. The van der Waals surface area contributed by atoms with Gasteiger partial charge in [0, 0.05) is 68.0 Å². The minimum atomic E-state index is -1.43. The number of halogens is 3. The SMILES string of the molecule is CNC(=O)c1c(-c2ccc(F)cc2)oc2cc(N(C)S(C)=O)c(-c3ccc4c(n3)-c3cc5c(F)cccc5n3C(CN3CC(F)C3)C4)cc12. The molecule has 8 rings (SSSR count). The van der Waals surface area contributed by atoms with Crippen LogP contribution in [0.1, 0.15) is 22.0 Å². The van der Waals surface area contributed by atoms with Crippen molar-refractivity contribution in [1.82, 2.24) is 19.8 Å². The molecule has 0 radical (unpaired) electrons. The molecule has 1 N–H and O–H groups in total. The molecule has 3 aromatic heterocycles. The zero-order valence-corrected chi connectivity index (χ0v) is 27.8. The third-order valence-corrected chi connectivity index (χ3v) is 10.6. The summed E-state index contributed by atoms with van der Waals surface area (Å²) in [7, 11) is 1.79. The number of carbonyl (C=O) groups excluding carboxylic acids is 1. The Morgan fingerprint density at radius 1 is 1.06 bits per heavy atom. The van der Waals surface area contributed by atoms with E-state index >= 15 is 4.39 Å². The second kappa shape index (κ2) is 11.9. The van der Waals surface area contributed by atoms with Crippen molar-refractivity contribution < 1.29 is 26.6 Å². The zero-order valence-electron chi connectivity index (χ0n) is 27.0. The van der Waals surface area contributed by atoms with Crippen LogP contribution in [-0.4, -0.2) is 70.7 Å². The van der Waals surface area contributed by atoms with E-state index in [1.165, 1.54) is 25.2 Å². The molecule has 1 fully saturated rings. The van der Waals surface area contributed by atoms with Gasteiger partial charge >= 0.3 is 0 Å². The van der Waals surface area contributed by atoms with Gasteiger partial charge in [0.1, 0.15) is 40.1 Å². The average molecular weight is 684 g/mol. The number of furan rings is 1. The quantitative estimate of drug-likeness (QED) is 0.198. The fraction of sp³-hybridized carbons (Fsp3) is 0.243. The predicted octanol–water partition coefficient (Wildman–Crippen LogP) is 6.90. The Hall–Kier alpha value is -4.94. The van der Waals surface area contributed by atoms with Crippen molar-refractivity contribution in [2.24, 2.45) is 0 Å². The Morgan fingerprint density at radius 3 is 2.55 bits per heavy atom. The molecule has 250 valence electrons. The number of benzene rings is 3. The summed E-state index contributed by atoms with van der Waals surface area (Å²) < 4.78 is 65.6. The number of nitrogens with one attached hydrogen (secondary N) is 1. The van der Waals surface area contributed by atoms with Crippen molar-refractivity contribution in [2.75, 3.05) is 44.3 Å². The van der Waals surface area contributed by atoms with E-state index in [-0.39, 0.29) is 29.1 Å². The lowest BCUT2D eigenvalue weighted by atomic mass is 9.95. The maximum atomic E-state index is 15.2. The Balaban J connectivity index is 1.32. The van der Waals surface area contributed by atoms with E-state index in [1.54, 1.807) is 41.9 Å². The molecule has 8 nitrogen and oxygen atoms in total. The van der Waals surface area contributed by atoms with Crippen molar-refractivity contribution in [2.45, 2.75) is 18.6 Å². The van der Waals surface area contributed by atoms with Gasteiger partial charge in [-0.1, -0.05) is 12.1 Å². The summed E-state index contributed by atoms with van der Waals surface area (Å²) >= 11 is 0. The number of aromatic nitrogens is 2. The highest BCUT2D eigenvalue weighted by molar-refractivity contribution is 7.85. The molecule has 0 saturated carbocycles. The number of alkyl halides is 1. The minimum Gasteiger partial charge on any atom is -0.455 e. The highest BCUT2D eigenvalue weighted by Gasteiger charge is 2.34. The number of pyridine rings is 1. The fourth-order valence-electron chi connectivity index (χ4n) is 7.15. The van der Waals surface area contributed by atoms with Gasteiger partial charge in [-0.05, 0) is 66.6 Å². The van der Waals surface area contributed by atoms with Crippen LogP contribution in [0.3, 0.4) is 0 Å². The number of anilines is 1. The number of fused-ring (bicyclic) bond motifs is 6. The van der Waals surface area contributed by atoms with E-state index < -0.39 is 23.0 Å². The first kappa shape index (κ1) is 31.3. The van der Waals surface area contributed by atoms with E-state index in [4.69, 9.17) is 9.40 Å². The van der Waals surface area contributed by atoms with Crippen LogP contribution in [0.25, 0.3) is 55.8 Å². The number of hydrogen-bond acceptors (Lipinski definition) is 5. The number of likely N-dealkylation sites (tertiary alicyclic amines) is 1. The van der Waals surface area contributed by atoms with Crippen LogP contribution in [0.15, 0.2) is 77.2 Å². The lowest BCUT2D eigenvalue weighted by molar-refractivity contribution is 0.0534. The topological polar surface area (TPSA) is 83.6 Å². The molecule has 0 bridgehead atoms. The molecule has 5 heterocycles. The molecular weight excluding hydrogens is 652 g/mol. The molecule has 2 aliphatic rings. The number of rotatable bonds is 7. The van der Waals surface area contributed by atoms with Gasteiger partial charge in [0.15, 0.2) is 0 Å². The van der Waals surface area contributed by atoms with Crippen LogP contribution in [-0.2, 0) is 17.4 Å². The maximum Gasteiger partial charge on any atom is 0.255 e. The Bertz CT molecular complexity index is 2310. The predicted molar refractivity (Wildman–Crippen MR) is 186 cm³/mol. The van der Waals surface area contributed by atoms with Crippen molar-refractivity contribution in [1.29, 1.82) is 0 Å². The number of amides is 1. The van der Waals surface area contributed by atoms with Crippen LogP contribution in [0, 0.1) is 11.6 Å². The molecule has 0 spiro atoms. The van der Waals surface area contributed by atoms with E-state index in [0.29, 0.717) is 70.6 Å². The van der Waals surface area contributed by atoms with Crippen LogP contribution >= 0.6 is 0 Å². The Labute approximate surface area is 282 Å². The fourth-order valence-corrected chi connectivity index (χ4v) is 7.58. The second-order valence-electron chi connectivity index (χ2n) is 12.6. The summed E-state index contributed by atoms with van der Waals surface area (Å²) in [6, 6.07) is 20.0. The summed E-state index contributed by atoms with van der Waals surface area (Å²) in [4.78, 5) is 20.6.